The lowest BCUT2D eigenvalue weighted by Gasteiger charge is -2.30. The summed E-state index contributed by atoms with van der Waals surface area (Å²) in [6, 6.07) is 2.03. The van der Waals surface area contributed by atoms with Crippen LogP contribution in [-0.2, 0) is 18.4 Å². The molecule has 0 aliphatic heterocycles. The van der Waals surface area contributed by atoms with Crippen molar-refractivity contribution in [3.63, 3.8) is 0 Å². The van der Waals surface area contributed by atoms with Crippen molar-refractivity contribution in [1.29, 1.82) is 0 Å². The van der Waals surface area contributed by atoms with Crippen molar-refractivity contribution >= 4 is 14.5 Å². The van der Waals surface area contributed by atoms with Gasteiger partial charge in [0.15, 0.2) is 0 Å². The SMILES string of the molecule is C=CC(=O)OCCCC[Si](CCCC)(OCC)OCC. The summed E-state index contributed by atoms with van der Waals surface area (Å²) in [4.78, 5) is 10.9. The van der Waals surface area contributed by atoms with Crippen LogP contribution in [0.5, 0.6) is 0 Å². The molecule has 0 atom stereocenters. The standard InChI is InChI=1S/C15H30O4Si/c1-5-9-13-20(18-7-3,19-8-4)14-11-10-12-17-15(16)6-2/h6H,2,5,7-14H2,1,3-4H3. The van der Waals surface area contributed by atoms with Gasteiger partial charge in [0.05, 0.1) is 6.61 Å². The first-order chi connectivity index (χ1) is 9.64. The molecule has 0 aromatic rings. The Labute approximate surface area is 124 Å². The van der Waals surface area contributed by atoms with Crippen LogP contribution in [0.1, 0.15) is 46.5 Å². The van der Waals surface area contributed by atoms with E-state index in [0.29, 0.717) is 19.8 Å². The molecule has 0 aliphatic rings. The lowest BCUT2D eigenvalue weighted by atomic mass is 10.3. The molecule has 0 radical (unpaired) electrons. The van der Waals surface area contributed by atoms with Gasteiger partial charge in [-0.3, -0.25) is 0 Å². The number of hydrogen-bond acceptors (Lipinski definition) is 4. The monoisotopic (exact) mass is 302 g/mol. The number of rotatable bonds is 13. The maximum Gasteiger partial charge on any atom is 0.338 e. The van der Waals surface area contributed by atoms with E-state index in [4.69, 9.17) is 13.6 Å². The Kier molecular flexibility index (Phi) is 11.7. The lowest BCUT2D eigenvalue weighted by molar-refractivity contribution is -0.137. The first-order valence-electron chi connectivity index (χ1n) is 7.71. The van der Waals surface area contributed by atoms with Gasteiger partial charge < -0.3 is 13.6 Å². The maximum absolute atomic E-state index is 10.9. The van der Waals surface area contributed by atoms with Gasteiger partial charge in [0.1, 0.15) is 0 Å². The van der Waals surface area contributed by atoms with Crippen molar-refractivity contribution in [2.24, 2.45) is 0 Å². The van der Waals surface area contributed by atoms with Crippen molar-refractivity contribution < 1.29 is 18.4 Å². The van der Waals surface area contributed by atoms with Gasteiger partial charge in [-0.15, -0.1) is 0 Å². The minimum atomic E-state index is -2.06. The number of esters is 1. The van der Waals surface area contributed by atoms with Gasteiger partial charge in [-0.2, -0.15) is 0 Å². The van der Waals surface area contributed by atoms with Crippen LogP contribution in [0.4, 0.5) is 0 Å². The largest absolute Gasteiger partial charge is 0.463 e. The summed E-state index contributed by atoms with van der Waals surface area (Å²) in [5.74, 6) is -0.353. The van der Waals surface area contributed by atoms with E-state index < -0.39 is 8.56 Å². The van der Waals surface area contributed by atoms with Gasteiger partial charge in [-0.05, 0) is 38.8 Å². The van der Waals surface area contributed by atoms with Crippen LogP contribution in [0.25, 0.3) is 0 Å². The van der Waals surface area contributed by atoms with Gasteiger partial charge in [-0.1, -0.05) is 26.3 Å². The smallest absolute Gasteiger partial charge is 0.338 e. The molecular formula is C15H30O4Si. The van der Waals surface area contributed by atoms with E-state index in [0.717, 1.165) is 37.8 Å². The number of unbranched alkanes of at least 4 members (excludes halogenated alkanes) is 2. The van der Waals surface area contributed by atoms with Crippen molar-refractivity contribution in [2.75, 3.05) is 19.8 Å². The Bertz CT molecular complexity index is 263. The first-order valence-corrected chi connectivity index (χ1v) is 9.94. The van der Waals surface area contributed by atoms with Gasteiger partial charge in [0, 0.05) is 19.3 Å². The molecule has 0 aliphatic carbocycles. The van der Waals surface area contributed by atoms with Gasteiger partial charge >= 0.3 is 14.5 Å². The number of carbonyl (C=O) groups is 1. The van der Waals surface area contributed by atoms with Crippen molar-refractivity contribution in [3.8, 4) is 0 Å². The van der Waals surface area contributed by atoms with Crippen LogP contribution >= 0.6 is 0 Å². The molecule has 0 bridgehead atoms. The molecule has 0 amide bonds. The Morgan fingerprint density at radius 3 is 2.15 bits per heavy atom. The van der Waals surface area contributed by atoms with E-state index in [-0.39, 0.29) is 5.97 Å². The molecule has 0 unspecified atom stereocenters. The summed E-state index contributed by atoms with van der Waals surface area (Å²) < 4.78 is 17.0. The van der Waals surface area contributed by atoms with E-state index in [9.17, 15) is 4.79 Å². The fraction of sp³-hybridized carbons (Fsp3) is 0.800. The van der Waals surface area contributed by atoms with E-state index in [1.807, 2.05) is 13.8 Å². The van der Waals surface area contributed by atoms with Gasteiger partial charge in [0.25, 0.3) is 0 Å². The van der Waals surface area contributed by atoms with Crippen molar-refractivity contribution in [2.45, 2.75) is 58.5 Å². The second kappa shape index (κ2) is 12.1. The Morgan fingerprint density at radius 1 is 1.05 bits per heavy atom. The highest BCUT2D eigenvalue weighted by atomic mass is 28.4. The predicted octanol–water partition coefficient (Wildman–Crippen LogP) is 3.81. The molecule has 0 spiro atoms. The molecule has 118 valence electrons. The lowest BCUT2D eigenvalue weighted by Crippen LogP contribution is -2.42. The summed E-state index contributed by atoms with van der Waals surface area (Å²) >= 11 is 0. The average molecular weight is 302 g/mol. The molecule has 0 N–H and O–H groups in total. The van der Waals surface area contributed by atoms with E-state index in [2.05, 4.69) is 13.5 Å². The third-order valence-corrected chi connectivity index (χ3v) is 6.95. The Hall–Kier alpha value is -0.653. The van der Waals surface area contributed by atoms with Gasteiger partial charge in [-0.25, -0.2) is 4.79 Å². The summed E-state index contributed by atoms with van der Waals surface area (Å²) in [7, 11) is -2.06. The molecule has 0 fully saturated rings. The van der Waals surface area contributed by atoms with Crippen LogP contribution in [-0.4, -0.2) is 34.4 Å². The highest BCUT2D eigenvalue weighted by molar-refractivity contribution is 6.67. The molecule has 5 heteroatoms. The second-order valence-corrected chi connectivity index (χ2v) is 8.11. The first kappa shape index (κ1) is 19.3. The number of ether oxygens (including phenoxy) is 1. The quantitative estimate of drug-likeness (QED) is 0.225. The fourth-order valence-electron chi connectivity index (χ4n) is 2.16. The van der Waals surface area contributed by atoms with E-state index >= 15 is 0 Å². The summed E-state index contributed by atoms with van der Waals surface area (Å²) in [6.45, 7) is 11.5. The molecule has 0 aromatic carbocycles. The minimum absolute atomic E-state index is 0.353. The van der Waals surface area contributed by atoms with E-state index in [1.54, 1.807) is 0 Å². The molecular weight excluding hydrogens is 272 g/mol. The Morgan fingerprint density at radius 2 is 1.65 bits per heavy atom. The Balaban J connectivity index is 4.18. The molecule has 0 heterocycles. The zero-order chi connectivity index (χ0) is 15.3. The second-order valence-electron chi connectivity index (χ2n) is 4.71. The third-order valence-electron chi connectivity index (χ3n) is 3.09. The molecule has 20 heavy (non-hydrogen) atoms. The summed E-state index contributed by atoms with van der Waals surface area (Å²) in [6.07, 6.45) is 5.32. The van der Waals surface area contributed by atoms with Crippen LogP contribution in [0.2, 0.25) is 12.1 Å². The molecule has 0 saturated heterocycles. The number of carbonyl (C=O) groups excluding carboxylic acids is 1. The zero-order valence-corrected chi connectivity index (χ0v) is 14.3. The molecule has 0 rings (SSSR count). The fourth-order valence-corrected chi connectivity index (χ4v) is 5.80. The normalized spacial score (nSPS) is 11.3. The van der Waals surface area contributed by atoms with E-state index in [1.165, 1.54) is 6.08 Å². The summed E-state index contributed by atoms with van der Waals surface area (Å²) in [5, 5.41) is 0. The highest BCUT2D eigenvalue weighted by Gasteiger charge is 2.35. The molecule has 4 nitrogen and oxygen atoms in total. The van der Waals surface area contributed by atoms with Crippen LogP contribution in [0, 0.1) is 0 Å². The number of hydrogen-bond donors (Lipinski definition) is 0. The third kappa shape index (κ3) is 8.50. The molecule has 0 saturated carbocycles. The zero-order valence-electron chi connectivity index (χ0n) is 13.3. The summed E-state index contributed by atoms with van der Waals surface area (Å²) in [5.41, 5.74) is 0. The topological polar surface area (TPSA) is 44.8 Å². The predicted molar refractivity (Wildman–Crippen MR) is 83.9 cm³/mol. The van der Waals surface area contributed by atoms with Gasteiger partial charge in [0.2, 0.25) is 0 Å². The van der Waals surface area contributed by atoms with Crippen LogP contribution in [0.15, 0.2) is 12.7 Å². The van der Waals surface area contributed by atoms with Crippen LogP contribution < -0.4 is 0 Å². The average Bonchev–Trinajstić information content (AvgIpc) is 2.45. The van der Waals surface area contributed by atoms with Crippen LogP contribution in [0.3, 0.4) is 0 Å². The van der Waals surface area contributed by atoms with Crippen molar-refractivity contribution in [3.05, 3.63) is 12.7 Å². The van der Waals surface area contributed by atoms with Crippen molar-refractivity contribution in [1.82, 2.24) is 0 Å². The minimum Gasteiger partial charge on any atom is -0.463 e. The highest BCUT2D eigenvalue weighted by Crippen LogP contribution is 2.24. The maximum atomic E-state index is 10.9. The molecule has 0 aromatic heterocycles.